The molecule has 3 saturated carbocycles. The molecule has 6 aliphatic rings. The number of allylic oxidation sites excluding steroid dienone is 1. The molecule has 7 rings (SSSR count). The van der Waals surface area contributed by atoms with Crippen LogP contribution in [0.1, 0.15) is 111 Å². The average molecular weight is 617 g/mol. The van der Waals surface area contributed by atoms with Crippen LogP contribution in [0.25, 0.3) is 0 Å². The first-order chi connectivity index (χ1) is 21.6. The van der Waals surface area contributed by atoms with Crippen LogP contribution in [0, 0.1) is 35.0 Å². The van der Waals surface area contributed by atoms with E-state index in [4.69, 9.17) is 4.74 Å². The summed E-state index contributed by atoms with van der Waals surface area (Å²) in [6.45, 7) is 13.6. The zero-order valence-corrected chi connectivity index (χ0v) is 29.2. The molecule has 0 radical (unpaired) electrons. The molecule has 2 aliphatic heterocycles. The summed E-state index contributed by atoms with van der Waals surface area (Å²) in [7, 11) is 1.97. The second kappa shape index (κ2) is 13.3. The summed E-state index contributed by atoms with van der Waals surface area (Å²) in [6.07, 6.45) is 13.4. The number of piperidine rings is 1. The number of likely N-dealkylation sites (tertiary alicyclic amines) is 1. The van der Waals surface area contributed by atoms with Crippen molar-refractivity contribution in [2.45, 2.75) is 129 Å². The van der Waals surface area contributed by atoms with Gasteiger partial charge >= 0.3 is 0 Å². The van der Waals surface area contributed by atoms with Crippen molar-refractivity contribution in [2.24, 2.45) is 35.0 Å². The third-order valence-corrected chi connectivity index (χ3v) is 13.4. The highest BCUT2D eigenvalue weighted by Gasteiger charge is 2.58. The molecule has 0 aromatic heterocycles. The molecule has 248 valence electrons. The normalized spacial score (nSPS) is 39.2. The largest absolute Gasteiger partial charge is 0.370 e. The highest BCUT2D eigenvalue weighted by molar-refractivity contribution is 5.79. The van der Waals surface area contributed by atoms with E-state index < -0.39 is 0 Å². The van der Waals surface area contributed by atoms with Crippen LogP contribution < -0.4 is 0 Å². The second-order valence-corrected chi connectivity index (χ2v) is 16.1. The number of Topliss-reactive ketones (excluding diaryl/α,β-unsaturated/α-hetero) is 1. The van der Waals surface area contributed by atoms with Crippen LogP contribution in [0.15, 0.2) is 41.5 Å². The number of ketones is 1. The first-order valence-electron chi connectivity index (χ1n) is 18.5. The maximum absolute atomic E-state index is 13.4. The second-order valence-electron chi connectivity index (χ2n) is 16.1. The van der Waals surface area contributed by atoms with Gasteiger partial charge in [-0.05, 0) is 112 Å². The van der Waals surface area contributed by atoms with Gasteiger partial charge in [0.15, 0.2) is 0 Å². The molecule has 1 aromatic carbocycles. The van der Waals surface area contributed by atoms with Crippen LogP contribution in [0.3, 0.4) is 0 Å². The molecule has 4 aliphatic carbocycles. The first-order valence-corrected chi connectivity index (χ1v) is 18.5. The first kappa shape index (κ1) is 32.9. The van der Waals surface area contributed by atoms with Crippen LogP contribution in [0.2, 0.25) is 0 Å². The van der Waals surface area contributed by atoms with E-state index in [-0.39, 0.29) is 17.6 Å². The zero-order valence-electron chi connectivity index (χ0n) is 29.2. The van der Waals surface area contributed by atoms with Crippen molar-refractivity contribution in [1.29, 1.82) is 0 Å². The van der Waals surface area contributed by atoms with Crippen LogP contribution in [0.5, 0.6) is 0 Å². The van der Waals surface area contributed by atoms with E-state index in [0.29, 0.717) is 41.5 Å². The third-order valence-electron chi connectivity index (χ3n) is 13.4. The van der Waals surface area contributed by atoms with E-state index in [0.717, 1.165) is 76.3 Å². The van der Waals surface area contributed by atoms with E-state index >= 15 is 0 Å². The maximum Gasteiger partial charge on any atom is 0.236 e. The number of benzene rings is 1. The summed E-state index contributed by atoms with van der Waals surface area (Å²) in [5.74, 6) is 4.16. The number of hydrogen-bond acceptors (Lipinski definition) is 4. The summed E-state index contributed by atoms with van der Waals surface area (Å²) in [5, 5.41) is 0. The Morgan fingerprint density at radius 1 is 1.09 bits per heavy atom. The Kier molecular flexibility index (Phi) is 9.71. The SMILES string of the molecule is CC.CC1=C2CC3C(CCC4CC(=O)CCC43C)C2CCC2(C1)CC1C(CC(C)CN1CC(=O)N(C)CCc1ccccc1)O2. The summed E-state index contributed by atoms with van der Waals surface area (Å²) in [5.41, 5.74) is 4.94. The molecule has 5 heteroatoms. The Bertz CT molecular complexity index is 1260. The van der Waals surface area contributed by atoms with Gasteiger partial charge in [0.2, 0.25) is 5.91 Å². The molecule has 2 saturated heterocycles. The van der Waals surface area contributed by atoms with Crippen molar-refractivity contribution in [3.63, 3.8) is 0 Å². The molecule has 45 heavy (non-hydrogen) atoms. The molecule has 1 spiro atoms. The highest BCUT2D eigenvalue weighted by Crippen LogP contribution is 2.64. The van der Waals surface area contributed by atoms with Crippen molar-refractivity contribution >= 4 is 11.7 Å². The Morgan fingerprint density at radius 2 is 1.87 bits per heavy atom. The lowest BCUT2D eigenvalue weighted by molar-refractivity contribution is -0.133. The van der Waals surface area contributed by atoms with E-state index in [1.807, 2.05) is 31.9 Å². The lowest BCUT2D eigenvalue weighted by atomic mass is 9.52. The monoisotopic (exact) mass is 616 g/mol. The van der Waals surface area contributed by atoms with Crippen molar-refractivity contribution in [1.82, 2.24) is 9.80 Å². The Labute approximate surface area is 273 Å². The van der Waals surface area contributed by atoms with Gasteiger partial charge in [-0.25, -0.2) is 0 Å². The number of amides is 1. The van der Waals surface area contributed by atoms with Crippen molar-refractivity contribution in [3.8, 4) is 0 Å². The van der Waals surface area contributed by atoms with E-state index in [2.05, 4.69) is 49.9 Å². The highest BCUT2D eigenvalue weighted by atomic mass is 16.5. The average Bonchev–Trinajstić information content (AvgIpc) is 3.56. The predicted molar refractivity (Wildman–Crippen MR) is 182 cm³/mol. The summed E-state index contributed by atoms with van der Waals surface area (Å²) in [6, 6.07) is 10.8. The maximum atomic E-state index is 13.4. The van der Waals surface area contributed by atoms with Gasteiger partial charge in [0, 0.05) is 39.0 Å². The van der Waals surface area contributed by atoms with E-state index in [1.54, 1.807) is 11.1 Å². The molecular weight excluding hydrogens is 556 g/mol. The van der Waals surface area contributed by atoms with Crippen molar-refractivity contribution < 1.29 is 14.3 Å². The summed E-state index contributed by atoms with van der Waals surface area (Å²) < 4.78 is 7.17. The lowest BCUT2D eigenvalue weighted by Crippen LogP contribution is -2.52. The molecule has 5 nitrogen and oxygen atoms in total. The van der Waals surface area contributed by atoms with Crippen molar-refractivity contribution in [2.75, 3.05) is 26.7 Å². The Balaban J connectivity index is 0.00000175. The standard InChI is InChI=1S/C38H54N2O3.C2H6/c1-25-18-35-34(40(23-25)24-36(42)39(4)17-14-27-8-6-5-7-9-27)22-38(43-35)16-13-30-31-11-10-28-19-29(41)12-15-37(28,3)33(31)20-32(30)26(2)21-38;1-2/h5-9,25,28,30-31,33-35H,10-24H2,1-4H3;1-2H3. The Morgan fingerprint density at radius 3 is 2.64 bits per heavy atom. The summed E-state index contributed by atoms with van der Waals surface area (Å²) in [4.78, 5) is 30.2. The number of ether oxygens (including phenoxy) is 1. The number of nitrogens with zero attached hydrogens (tertiary/aromatic N) is 2. The smallest absolute Gasteiger partial charge is 0.236 e. The minimum Gasteiger partial charge on any atom is -0.370 e. The number of hydrogen-bond donors (Lipinski definition) is 0. The number of fused-ring (bicyclic) bond motifs is 6. The van der Waals surface area contributed by atoms with Crippen LogP contribution in [-0.4, -0.2) is 65.9 Å². The fraction of sp³-hybridized carbons (Fsp3) is 0.750. The van der Waals surface area contributed by atoms with Gasteiger partial charge in [0.25, 0.3) is 0 Å². The fourth-order valence-electron chi connectivity index (χ4n) is 11.1. The minimum atomic E-state index is -0.0742. The van der Waals surface area contributed by atoms with Crippen LogP contribution >= 0.6 is 0 Å². The molecule has 1 aromatic rings. The number of carbonyl (C=O) groups is 2. The van der Waals surface area contributed by atoms with Gasteiger partial charge in [-0.2, -0.15) is 0 Å². The van der Waals surface area contributed by atoms with Gasteiger partial charge in [-0.1, -0.05) is 69.2 Å². The zero-order chi connectivity index (χ0) is 31.9. The predicted octanol–water partition coefficient (Wildman–Crippen LogP) is 7.87. The number of carbonyl (C=O) groups excluding carboxylic acids is 2. The molecule has 0 N–H and O–H groups in total. The molecule has 9 unspecified atom stereocenters. The minimum absolute atomic E-state index is 0.0742. The van der Waals surface area contributed by atoms with Crippen molar-refractivity contribution in [3.05, 3.63) is 47.0 Å². The number of rotatable bonds is 5. The van der Waals surface area contributed by atoms with Gasteiger partial charge in [0.05, 0.1) is 18.2 Å². The molecule has 1 amide bonds. The van der Waals surface area contributed by atoms with Crippen LogP contribution in [0.4, 0.5) is 0 Å². The molecule has 2 heterocycles. The molecule has 9 atom stereocenters. The molecular formula is C40H60N2O3. The quantitative estimate of drug-likeness (QED) is 0.316. The van der Waals surface area contributed by atoms with Gasteiger partial charge in [-0.3, -0.25) is 14.5 Å². The number of likely N-dealkylation sites (N-methyl/N-ethyl adjacent to an activating group) is 1. The van der Waals surface area contributed by atoms with E-state index in [9.17, 15) is 9.59 Å². The van der Waals surface area contributed by atoms with Gasteiger partial charge in [0.1, 0.15) is 5.78 Å². The molecule has 0 bridgehead atoms. The summed E-state index contributed by atoms with van der Waals surface area (Å²) >= 11 is 0. The fourth-order valence-corrected chi connectivity index (χ4v) is 11.1. The van der Waals surface area contributed by atoms with Gasteiger partial charge < -0.3 is 9.64 Å². The lowest BCUT2D eigenvalue weighted by Gasteiger charge is -2.52. The van der Waals surface area contributed by atoms with Crippen LogP contribution in [-0.2, 0) is 20.7 Å². The van der Waals surface area contributed by atoms with Gasteiger partial charge in [-0.15, -0.1) is 0 Å². The third kappa shape index (κ3) is 6.34. The topological polar surface area (TPSA) is 49.9 Å². The molecule has 5 fully saturated rings. The van der Waals surface area contributed by atoms with E-state index in [1.165, 1.54) is 31.2 Å². The Hall–Kier alpha value is -1.98.